The Morgan fingerprint density at radius 1 is 1.00 bits per heavy atom. The zero-order chi connectivity index (χ0) is 23.8. The number of aromatic nitrogens is 1. The highest BCUT2D eigenvalue weighted by atomic mass is 16.5. The molecule has 0 aliphatic heterocycles. The van der Waals surface area contributed by atoms with Crippen LogP contribution in [-0.4, -0.2) is 24.5 Å². The number of carbonyl (C=O) groups is 1. The highest BCUT2D eigenvalue weighted by molar-refractivity contribution is 5.99. The standard InChI is InChI=1S/C29H28N2O3/c1-17-13-23-19(3)28(34-27(23)14-18(17)2)29(32)31-15-24(20-9-11-21(33-4)12-10-20)25-16-30-26-8-6-5-7-22(25)26/h5-14,16,24,30H,15H2,1-4H3,(H,31,32)/t24-/m0/s1. The second-order valence-corrected chi connectivity index (χ2v) is 8.81. The van der Waals surface area contributed by atoms with E-state index in [-0.39, 0.29) is 11.8 Å². The molecule has 0 aliphatic carbocycles. The fraction of sp³-hybridized carbons (Fsp3) is 0.207. The number of ether oxygens (including phenoxy) is 1. The van der Waals surface area contributed by atoms with Crippen LogP contribution in [0.15, 0.2) is 71.3 Å². The lowest BCUT2D eigenvalue weighted by molar-refractivity contribution is 0.0926. The molecule has 5 rings (SSSR count). The molecule has 1 atom stereocenters. The Morgan fingerprint density at radius 3 is 2.50 bits per heavy atom. The number of fused-ring (bicyclic) bond motifs is 2. The van der Waals surface area contributed by atoms with Crippen LogP contribution in [0, 0.1) is 20.8 Å². The zero-order valence-corrected chi connectivity index (χ0v) is 19.9. The Bertz CT molecular complexity index is 1490. The maximum absolute atomic E-state index is 13.2. The fourth-order valence-corrected chi connectivity index (χ4v) is 4.59. The molecule has 5 aromatic rings. The molecule has 0 radical (unpaired) electrons. The van der Waals surface area contributed by atoms with E-state index in [1.807, 2.05) is 50.4 Å². The van der Waals surface area contributed by atoms with Gasteiger partial charge in [0.25, 0.3) is 5.91 Å². The molecule has 0 unspecified atom stereocenters. The molecule has 0 saturated heterocycles. The highest BCUT2D eigenvalue weighted by Crippen LogP contribution is 2.32. The average molecular weight is 453 g/mol. The van der Waals surface area contributed by atoms with Gasteiger partial charge in [-0.1, -0.05) is 30.3 Å². The lowest BCUT2D eigenvalue weighted by atomic mass is 9.90. The molecule has 34 heavy (non-hydrogen) atoms. The normalized spacial score (nSPS) is 12.2. The van der Waals surface area contributed by atoms with Crippen molar-refractivity contribution < 1.29 is 13.9 Å². The van der Waals surface area contributed by atoms with E-state index in [9.17, 15) is 4.79 Å². The molecule has 0 fully saturated rings. The Balaban J connectivity index is 1.47. The smallest absolute Gasteiger partial charge is 0.287 e. The second-order valence-electron chi connectivity index (χ2n) is 8.81. The predicted molar refractivity (Wildman–Crippen MR) is 136 cm³/mol. The topological polar surface area (TPSA) is 67.3 Å². The Kier molecular flexibility index (Phi) is 5.62. The van der Waals surface area contributed by atoms with Gasteiger partial charge in [0, 0.05) is 40.5 Å². The number of amides is 1. The minimum Gasteiger partial charge on any atom is -0.497 e. The summed E-state index contributed by atoms with van der Waals surface area (Å²) in [5.74, 6) is 0.920. The molecule has 2 aromatic heterocycles. The summed E-state index contributed by atoms with van der Waals surface area (Å²) in [7, 11) is 1.66. The Hall–Kier alpha value is -3.99. The Morgan fingerprint density at radius 2 is 1.74 bits per heavy atom. The van der Waals surface area contributed by atoms with Crippen LogP contribution in [0.5, 0.6) is 5.75 Å². The van der Waals surface area contributed by atoms with Crippen molar-refractivity contribution in [1.29, 1.82) is 0 Å². The van der Waals surface area contributed by atoms with Gasteiger partial charge in [-0.05, 0) is 73.4 Å². The number of para-hydroxylation sites is 1. The monoisotopic (exact) mass is 452 g/mol. The summed E-state index contributed by atoms with van der Waals surface area (Å²) in [6.45, 7) is 6.49. The molecule has 3 aromatic carbocycles. The van der Waals surface area contributed by atoms with E-state index in [1.54, 1.807) is 7.11 Å². The van der Waals surface area contributed by atoms with Crippen molar-refractivity contribution in [2.75, 3.05) is 13.7 Å². The van der Waals surface area contributed by atoms with E-state index in [4.69, 9.17) is 9.15 Å². The lowest BCUT2D eigenvalue weighted by Crippen LogP contribution is -2.29. The largest absolute Gasteiger partial charge is 0.497 e. The van der Waals surface area contributed by atoms with Crippen LogP contribution in [0.1, 0.15) is 44.3 Å². The molecule has 0 aliphatic rings. The molecular weight excluding hydrogens is 424 g/mol. The van der Waals surface area contributed by atoms with Crippen LogP contribution in [0.3, 0.4) is 0 Å². The summed E-state index contributed by atoms with van der Waals surface area (Å²) in [6, 6.07) is 20.3. The third-order valence-electron chi connectivity index (χ3n) is 6.74. The van der Waals surface area contributed by atoms with Gasteiger partial charge in [-0.3, -0.25) is 4.79 Å². The summed E-state index contributed by atoms with van der Waals surface area (Å²) in [5, 5.41) is 5.26. The molecule has 5 heteroatoms. The van der Waals surface area contributed by atoms with Crippen molar-refractivity contribution in [3.63, 3.8) is 0 Å². The fourth-order valence-electron chi connectivity index (χ4n) is 4.59. The van der Waals surface area contributed by atoms with E-state index >= 15 is 0 Å². The van der Waals surface area contributed by atoms with Gasteiger partial charge in [0.1, 0.15) is 11.3 Å². The maximum Gasteiger partial charge on any atom is 0.287 e. The zero-order valence-electron chi connectivity index (χ0n) is 19.9. The van der Waals surface area contributed by atoms with Crippen molar-refractivity contribution in [3.05, 3.63) is 100 Å². The lowest BCUT2D eigenvalue weighted by Gasteiger charge is -2.18. The number of hydrogen-bond acceptors (Lipinski definition) is 3. The number of nitrogens with one attached hydrogen (secondary N) is 2. The minimum absolute atomic E-state index is 0.0415. The third-order valence-corrected chi connectivity index (χ3v) is 6.74. The number of methoxy groups -OCH3 is 1. The number of benzene rings is 3. The van der Waals surface area contributed by atoms with E-state index in [0.29, 0.717) is 12.3 Å². The van der Waals surface area contributed by atoms with Gasteiger partial charge in [-0.15, -0.1) is 0 Å². The first-order chi connectivity index (χ1) is 16.5. The first-order valence-corrected chi connectivity index (χ1v) is 11.4. The SMILES string of the molecule is COc1ccc([C@H](CNC(=O)c2oc3cc(C)c(C)cc3c2C)c2c[nH]c3ccccc23)cc1. The number of aromatic amines is 1. The van der Waals surface area contributed by atoms with Gasteiger partial charge in [0.05, 0.1) is 7.11 Å². The molecule has 5 nitrogen and oxygen atoms in total. The maximum atomic E-state index is 13.2. The molecular formula is C29H28N2O3. The van der Waals surface area contributed by atoms with Gasteiger partial charge in [0.2, 0.25) is 0 Å². The second kappa shape index (κ2) is 8.75. The average Bonchev–Trinajstić information content (AvgIpc) is 3.41. The van der Waals surface area contributed by atoms with Crippen LogP contribution in [-0.2, 0) is 0 Å². The molecule has 0 bridgehead atoms. The third kappa shape index (κ3) is 3.83. The number of rotatable bonds is 6. The number of aryl methyl sites for hydroxylation is 3. The van der Waals surface area contributed by atoms with Crippen LogP contribution in [0.25, 0.3) is 21.9 Å². The van der Waals surface area contributed by atoms with Crippen molar-refractivity contribution in [2.24, 2.45) is 0 Å². The van der Waals surface area contributed by atoms with Gasteiger partial charge in [-0.2, -0.15) is 0 Å². The predicted octanol–water partition coefficient (Wildman–Crippen LogP) is 6.41. The molecule has 172 valence electrons. The van der Waals surface area contributed by atoms with Crippen LogP contribution in [0.4, 0.5) is 0 Å². The number of H-pyrrole nitrogens is 1. The van der Waals surface area contributed by atoms with Gasteiger partial charge in [-0.25, -0.2) is 0 Å². The van der Waals surface area contributed by atoms with Gasteiger partial charge >= 0.3 is 0 Å². The highest BCUT2D eigenvalue weighted by Gasteiger charge is 2.22. The molecule has 2 heterocycles. The minimum atomic E-state index is -0.206. The first-order valence-electron chi connectivity index (χ1n) is 11.4. The van der Waals surface area contributed by atoms with Crippen molar-refractivity contribution in [3.8, 4) is 5.75 Å². The van der Waals surface area contributed by atoms with Crippen molar-refractivity contribution >= 4 is 27.8 Å². The summed E-state index contributed by atoms with van der Waals surface area (Å²) in [5.41, 5.74) is 7.24. The van der Waals surface area contributed by atoms with E-state index in [0.717, 1.165) is 49.9 Å². The quantitative estimate of drug-likeness (QED) is 0.313. The first kappa shape index (κ1) is 21.8. The number of furan rings is 1. The van der Waals surface area contributed by atoms with Crippen molar-refractivity contribution in [1.82, 2.24) is 10.3 Å². The molecule has 0 spiro atoms. The van der Waals surface area contributed by atoms with Crippen LogP contribution in [0.2, 0.25) is 0 Å². The van der Waals surface area contributed by atoms with E-state index < -0.39 is 0 Å². The molecule has 0 saturated carbocycles. The summed E-state index contributed by atoms with van der Waals surface area (Å²) >= 11 is 0. The Labute approximate surface area is 198 Å². The molecule has 2 N–H and O–H groups in total. The van der Waals surface area contributed by atoms with E-state index in [1.165, 1.54) is 5.56 Å². The number of hydrogen-bond donors (Lipinski definition) is 2. The molecule has 1 amide bonds. The number of carbonyl (C=O) groups excluding carboxylic acids is 1. The van der Waals surface area contributed by atoms with E-state index in [2.05, 4.69) is 47.6 Å². The van der Waals surface area contributed by atoms with Gasteiger partial charge < -0.3 is 19.5 Å². The summed E-state index contributed by atoms with van der Waals surface area (Å²) in [6.07, 6.45) is 2.03. The van der Waals surface area contributed by atoms with Crippen molar-refractivity contribution in [2.45, 2.75) is 26.7 Å². The summed E-state index contributed by atoms with van der Waals surface area (Å²) < 4.78 is 11.3. The van der Waals surface area contributed by atoms with Crippen LogP contribution >= 0.6 is 0 Å². The van der Waals surface area contributed by atoms with Gasteiger partial charge in [0.15, 0.2) is 5.76 Å². The summed E-state index contributed by atoms with van der Waals surface area (Å²) in [4.78, 5) is 16.6. The van der Waals surface area contributed by atoms with Crippen LogP contribution < -0.4 is 10.1 Å².